The number of rotatable bonds is 14. The quantitative estimate of drug-likeness (QED) is 0.259. The smallest absolute Gasteiger partial charge is 0.164 e. The van der Waals surface area contributed by atoms with E-state index in [2.05, 4.69) is 13.5 Å². The Labute approximate surface area is 145 Å². The summed E-state index contributed by atoms with van der Waals surface area (Å²) in [7, 11) is 0. The molecule has 2 atom stereocenters. The zero-order chi connectivity index (χ0) is 17.0. The van der Waals surface area contributed by atoms with E-state index in [4.69, 9.17) is 9.47 Å². The summed E-state index contributed by atoms with van der Waals surface area (Å²) in [5.74, 6) is -0.444. The zero-order valence-corrected chi connectivity index (χ0v) is 15.9. The molecule has 0 N–H and O–H groups in total. The van der Waals surface area contributed by atoms with E-state index in [1.54, 1.807) is 0 Å². The number of unbranched alkanes of at least 4 members (excludes halogenated alkanes) is 11. The van der Waals surface area contributed by atoms with Crippen LogP contribution in [-0.2, 0) is 9.47 Å². The van der Waals surface area contributed by atoms with E-state index in [-0.39, 0.29) is 12.2 Å². The lowest BCUT2D eigenvalue weighted by atomic mass is 10.0. The average molecular weight is 325 g/mol. The third kappa shape index (κ3) is 9.52. The molecule has 0 saturated carbocycles. The van der Waals surface area contributed by atoms with Crippen molar-refractivity contribution in [3.8, 4) is 0 Å². The molecule has 0 aromatic carbocycles. The van der Waals surface area contributed by atoms with E-state index in [0.29, 0.717) is 0 Å². The minimum atomic E-state index is -0.444. The van der Waals surface area contributed by atoms with Gasteiger partial charge in [-0.15, -0.1) is 6.58 Å². The molecule has 0 radical (unpaired) electrons. The first-order valence-corrected chi connectivity index (χ1v) is 10.1. The van der Waals surface area contributed by atoms with Crippen molar-refractivity contribution >= 4 is 0 Å². The molecule has 23 heavy (non-hydrogen) atoms. The van der Waals surface area contributed by atoms with Gasteiger partial charge in [-0.25, -0.2) is 0 Å². The summed E-state index contributed by atoms with van der Waals surface area (Å²) in [6.45, 7) is 10.1. The van der Waals surface area contributed by atoms with Crippen molar-refractivity contribution < 1.29 is 9.47 Å². The first kappa shape index (κ1) is 20.7. The molecule has 0 aromatic heterocycles. The predicted molar refractivity (Wildman–Crippen MR) is 99.7 cm³/mol. The first-order valence-electron chi connectivity index (χ1n) is 10.1. The highest BCUT2D eigenvalue weighted by Gasteiger charge is 2.38. The van der Waals surface area contributed by atoms with Crippen LogP contribution in [-0.4, -0.2) is 18.0 Å². The molecule has 1 aliphatic heterocycles. The van der Waals surface area contributed by atoms with Crippen molar-refractivity contribution in [1.82, 2.24) is 0 Å². The standard InChI is InChI=1S/C21H40O2/c1-5-7-8-9-10-11-12-13-14-15-16-17-18-20-19(6-2)22-21(3,4)23-20/h6,19-20H,2,5,7-18H2,1,3-4H3/t19-,20-/m0/s1. The lowest BCUT2D eigenvalue weighted by Crippen LogP contribution is -2.21. The molecule has 0 unspecified atom stereocenters. The Morgan fingerprint density at radius 3 is 1.74 bits per heavy atom. The second kappa shape index (κ2) is 12.1. The van der Waals surface area contributed by atoms with E-state index in [1.165, 1.54) is 77.0 Å². The summed E-state index contributed by atoms with van der Waals surface area (Å²) >= 11 is 0. The summed E-state index contributed by atoms with van der Waals surface area (Å²) in [6, 6.07) is 0. The maximum atomic E-state index is 5.96. The molecular weight excluding hydrogens is 284 g/mol. The molecule has 2 nitrogen and oxygen atoms in total. The molecule has 1 heterocycles. The van der Waals surface area contributed by atoms with Gasteiger partial charge in [-0.2, -0.15) is 0 Å². The molecule has 136 valence electrons. The fourth-order valence-electron chi connectivity index (χ4n) is 3.47. The third-order valence-corrected chi connectivity index (χ3v) is 4.80. The topological polar surface area (TPSA) is 18.5 Å². The lowest BCUT2D eigenvalue weighted by Gasteiger charge is -2.16. The fraction of sp³-hybridized carbons (Fsp3) is 0.905. The molecule has 1 aliphatic rings. The molecule has 0 amide bonds. The van der Waals surface area contributed by atoms with Crippen molar-refractivity contribution in [1.29, 1.82) is 0 Å². The first-order chi connectivity index (χ1) is 11.1. The summed E-state index contributed by atoms with van der Waals surface area (Å²) < 4.78 is 11.8. The van der Waals surface area contributed by atoms with Crippen LogP contribution in [0.15, 0.2) is 12.7 Å². The van der Waals surface area contributed by atoms with Crippen molar-refractivity contribution in [3.63, 3.8) is 0 Å². The van der Waals surface area contributed by atoms with Crippen molar-refractivity contribution in [2.24, 2.45) is 0 Å². The van der Waals surface area contributed by atoms with Crippen LogP contribution in [0.1, 0.15) is 104 Å². The monoisotopic (exact) mass is 324 g/mol. The van der Waals surface area contributed by atoms with E-state index >= 15 is 0 Å². The molecule has 0 aliphatic carbocycles. The van der Waals surface area contributed by atoms with Gasteiger partial charge in [0.05, 0.1) is 6.10 Å². The average Bonchev–Trinajstić information content (AvgIpc) is 2.82. The van der Waals surface area contributed by atoms with E-state index in [9.17, 15) is 0 Å². The Morgan fingerprint density at radius 2 is 1.26 bits per heavy atom. The highest BCUT2D eigenvalue weighted by molar-refractivity contribution is 4.92. The number of ether oxygens (including phenoxy) is 2. The maximum absolute atomic E-state index is 5.96. The van der Waals surface area contributed by atoms with Gasteiger partial charge < -0.3 is 9.47 Å². The lowest BCUT2D eigenvalue weighted by molar-refractivity contribution is -0.143. The van der Waals surface area contributed by atoms with E-state index in [0.717, 1.165) is 6.42 Å². The Balaban J connectivity index is 1.89. The fourth-order valence-corrected chi connectivity index (χ4v) is 3.47. The molecule has 1 saturated heterocycles. The van der Waals surface area contributed by atoms with Crippen LogP contribution in [0, 0.1) is 0 Å². The largest absolute Gasteiger partial charge is 0.344 e. The number of hydrogen-bond acceptors (Lipinski definition) is 2. The Bertz CT molecular complexity index is 298. The van der Waals surface area contributed by atoms with Gasteiger partial charge in [-0.05, 0) is 20.3 Å². The minimum absolute atomic E-state index is 0.0673. The Kier molecular flexibility index (Phi) is 10.9. The molecular formula is C21H40O2. The van der Waals surface area contributed by atoms with Crippen molar-refractivity contribution in [2.75, 3.05) is 0 Å². The van der Waals surface area contributed by atoms with Crippen LogP contribution in [0.4, 0.5) is 0 Å². The van der Waals surface area contributed by atoms with E-state index in [1.807, 2.05) is 19.9 Å². The molecule has 0 aromatic rings. The van der Waals surface area contributed by atoms with Gasteiger partial charge in [-0.3, -0.25) is 0 Å². The van der Waals surface area contributed by atoms with Gasteiger partial charge in [0.15, 0.2) is 5.79 Å². The number of hydrogen-bond donors (Lipinski definition) is 0. The van der Waals surface area contributed by atoms with Gasteiger partial charge in [0.25, 0.3) is 0 Å². The molecule has 1 rings (SSSR count). The van der Waals surface area contributed by atoms with Gasteiger partial charge in [-0.1, -0.05) is 90.0 Å². The van der Waals surface area contributed by atoms with Crippen LogP contribution < -0.4 is 0 Å². The summed E-state index contributed by atoms with van der Waals surface area (Å²) in [6.07, 6.45) is 19.9. The van der Waals surface area contributed by atoms with Crippen molar-refractivity contribution in [3.05, 3.63) is 12.7 Å². The van der Waals surface area contributed by atoms with Crippen LogP contribution in [0.3, 0.4) is 0 Å². The molecule has 2 heteroatoms. The van der Waals surface area contributed by atoms with Crippen LogP contribution in [0.5, 0.6) is 0 Å². The second-order valence-electron chi connectivity index (χ2n) is 7.55. The summed E-state index contributed by atoms with van der Waals surface area (Å²) in [4.78, 5) is 0. The molecule has 1 fully saturated rings. The van der Waals surface area contributed by atoms with Gasteiger partial charge >= 0.3 is 0 Å². The normalized spacial score (nSPS) is 23.3. The predicted octanol–water partition coefficient (Wildman–Crippen LogP) is 6.78. The van der Waals surface area contributed by atoms with Crippen LogP contribution in [0.25, 0.3) is 0 Å². The van der Waals surface area contributed by atoms with Gasteiger partial charge in [0.2, 0.25) is 0 Å². The molecule has 0 bridgehead atoms. The summed E-state index contributed by atoms with van der Waals surface area (Å²) in [5.41, 5.74) is 0. The Morgan fingerprint density at radius 1 is 0.783 bits per heavy atom. The Hall–Kier alpha value is -0.340. The minimum Gasteiger partial charge on any atom is -0.344 e. The van der Waals surface area contributed by atoms with Crippen LogP contribution in [0.2, 0.25) is 0 Å². The van der Waals surface area contributed by atoms with Crippen LogP contribution >= 0.6 is 0 Å². The van der Waals surface area contributed by atoms with E-state index < -0.39 is 5.79 Å². The highest BCUT2D eigenvalue weighted by atomic mass is 16.7. The third-order valence-electron chi connectivity index (χ3n) is 4.80. The molecule has 0 spiro atoms. The zero-order valence-electron chi connectivity index (χ0n) is 15.9. The highest BCUT2D eigenvalue weighted by Crippen LogP contribution is 2.31. The van der Waals surface area contributed by atoms with Crippen molar-refractivity contribution in [2.45, 2.75) is 122 Å². The van der Waals surface area contributed by atoms with Gasteiger partial charge in [0.1, 0.15) is 6.10 Å². The summed E-state index contributed by atoms with van der Waals surface area (Å²) in [5, 5.41) is 0. The maximum Gasteiger partial charge on any atom is 0.164 e. The SMILES string of the molecule is C=C[C@@H]1OC(C)(C)O[C@H]1CCCCCCCCCCCCCC. The van der Waals surface area contributed by atoms with Gasteiger partial charge in [0, 0.05) is 0 Å². The second-order valence-corrected chi connectivity index (χ2v) is 7.55.